The van der Waals surface area contributed by atoms with Crippen LogP contribution >= 0.6 is 0 Å². The summed E-state index contributed by atoms with van der Waals surface area (Å²) in [5, 5.41) is 4.25. The molecule has 0 radical (unpaired) electrons. The summed E-state index contributed by atoms with van der Waals surface area (Å²) in [6.45, 7) is 1.98. The van der Waals surface area contributed by atoms with Gasteiger partial charge in [0.1, 0.15) is 5.75 Å². The van der Waals surface area contributed by atoms with Crippen molar-refractivity contribution in [2.24, 2.45) is 5.10 Å². The van der Waals surface area contributed by atoms with Gasteiger partial charge in [0.25, 0.3) is 5.91 Å². The van der Waals surface area contributed by atoms with E-state index in [0.717, 1.165) is 17.0 Å². The van der Waals surface area contributed by atoms with E-state index in [0.29, 0.717) is 23.5 Å². The van der Waals surface area contributed by atoms with E-state index < -0.39 is 0 Å². The second-order valence-corrected chi connectivity index (χ2v) is 5.15. The monoisotopic (exact) mass is 342 g/mol. The molecular weight excluding hydrogens is 320 g/mol. The lowest BCUT2D eigenvalue weighted by atomic mass is 10.1. The Labute approximate surface area is 147 Å². The molecule has 0 aliphatic rings. The smallest absolute Gasteiger partial charge is 0.271 e. The average molecular weight is 342 g/mol. The molecule has 132 valence electrons. The quantitative estimate of drug-likeness (QED) is 0.619. The minimum absolute atomic E-state index is 0.319. The molecule has 0 atom stereocenters. The van der Waals surface area contributed by atoms with Crippen molar-refractivity contribution in [1.82, 2.24) is 5.43 Å². The third-order valence-electron chi connectivity index (χ3n) is 3.70. The molecule has 2 rings (SSSR count). The van der Waals surface area contributed by atoms with Crippen LogP contribution in [-0.4, -0.2) is 32.9 Å². The van der Waals surface area contributed by atoms with Crippen LogP contribution in [0.3, 0.4) is 0 Å². The first kappa shape index (κ1) is 18.3. The first-order valence-corrected chi connectivity index (χ1v) is 7.86. The van der Waals surface area contributed by atoms with Crippen LogP contribution in [0.25, 0.3) is 0 Å². The number of amides is 1. The van der Waals surface area contributed by atoms with Crippen LogP contribution in [-0.2, 0) is 0 Å². The van der Waals surface area contributed by atoms with Gasteiger partial charge in [-0.2, -0.15) is 5.10 Å². The van der Waals surface area contributed by atoms with Gasteiger partial charge >= 0.3 is 0 Å². The number of hydrogen-bond acceptors (Lipinski definition) is 5. The van der Waals surface area contributed by atoms with Gasteiger partial charge in [0.2, 0.25) is 0 Å². The molecule has 1 amide bonds. The number of carbonyl (C=O) groups excluding carboxylic acids is 1. The van der Waals surface area contributed by atoms with Crippen LogP contribution in [0.1, 0.15) is 29.3 Å². The largest absolute Gasteiger partial charge is 0.497 e. The molecule has 0 heterocycles. The zero-order valence-corrected chi connectivity index (χ0v) is 14.8. The van der Waals surface area contributed by atoms with Gasteiger partial charge in [0.15, 0.2) is 11.5 Å². The molecule has 0 saturated heterocycles. The van der Waals surface area contributed by atoms with E-state index in [4.69, 9.17) is 14.2 Å². The lowest BCUT2D eigenvalue weighted by Gasteiger charge is -2.09. The number of hydrazone groups is 1. The number of hydrogen-bond donors (Lipinski definition) is 1. The molecule has 2 aromatic rings. The average Bonchev–Trinajstić information content (AvgIpc) is 2.68. The molecule has 0 unspecified atom stereocenters. The standard InChI is InChI=1S/C19H22N2O4/c1-5-16(13-6-9-15(23-2)10-7-13)20-21-19(22)14-8-11-17(24-3)18(12-14)25-4/h6-12H,5H2,1-4H3,(H,21,22)/b20-16+. The van der Waals surface area contributed by atoms with Gasteiger partial charge in [-0.3, -0.25) is 4.79 Å². The van der Waals surface area contributed by atoms with E-state index in [2.05, 4.69) is 10.5 Å². The lowest BCUT2D eigenvalue weighted by Crippen LogP contribution is -2.20. The van der Waals surface area contributed by atoms with Crippen molar-refractivity contribution in [1.29, 1.82) is 0 Å². The highest BCUT2D eigenvalue weighted by Gasteiger charge is 2.11. The minimum atomic E-state index is -0.319. The summed E-state index contributed by atoms with van der Waals surface area (Å²) in [7, 11) is 4.69. The van der Waals surface area contributed by atoms with Gasteiger partial charge in [-0.25, -0.2) is 5.43 Å². The maximum atomic E-state index is 12.3. The zero-order chi connectivity index (χ0) is 18.2. The number of ether oxygens (including phenoxy) is 3. The Kier molecular flexibility index (Phi) is 6.39. The van der Waals surface area contributed by atoms with Crippen molar-refractivity contribution in [2.45, 2.75) is 13.3 Å². The summed E-state index contributed by atoms with van der Waals surface area (Å²) in [6.07, 6.45) is 0.679. The fourth-order valence-electron chi connectivity index (χ4n) is 2.29. The van der Waals surface area contributed by atoms with Crippen LogP contribution < -0.4 is 19.6 Å². The number of benzene rings is 2. The Hall–Kier alpha value is -3.02. The zero-order valence-electron chi connectivity index (χ0n) is 14.8. The molecule has 0 saturated carbocycles. The molecule has 0 aliphatic heterocycles. The number of nitrogens with one attached hydrogen (secondary N) is 1. The fraction of sp³-hybridized carbons (Fsp3) is 0.263. The van der Waals surface area contributed by atoms with Gasteiger partial charge in [-0.05, 0) is 54.4 Å². The summed E-state index contributed by atoms with van der Waals surface area (Å²) < 4.78 is 15.5. The van der Waals surface area contributed by atoms with Crippen LogP contribution in [0.4, 0.5) is 0 Å². The number of rotatable bonds is 7. The normalized spacial score (nSPS) is 11.0. The first-order valence-electron chi connectivity index (χ1n) is 7.86. The summed E-state index contributed by atoms with van der Waals surface area (Å²) in [4.78, 5) is 12.3. The maximum absolute atomic E-state index is 12.3. The van der Waals surface area contributed by atoms with Crippen LogP contribution in [0.2, 0.25) is 0 Å². The van der Waals surface area contributed by atoms with Gasteiger partial charge in [0.05, 0.1) is 27.0 Å². The Morgan fingerprint density at radius 2 is 1.56 bits per heavy atom. The first-order chi connectivity index (χ1) is 12.1. The Morgan fingerprint density at radius 3 is 2.12 bits per heavy atom. The summed E-state index contributed by atoms with van der Waals surface area (Å²) in [6, 6.07) is 12.5. The molecule has 25 heavy (non-hydrogen) atoms. The fourth-order valence-corrected chi connectivity index (χ4v) is 2.29. The highest BCUT2D eigenvalue weighted by Crippen LogP contribution is 2.27. The van der Waals surface area contributed by atoms with Gasteiger partial charge < -0.3 is 14.2 Å². The Balaban J connectivity index is 2.16. The SMILES string of the molecule is CC/C(=N\NC(=O)c1ccc(OC)c(OC)c1)c1ccc(OC)cc1. The molecule has 0 aromatic heterocycles. The van der Waals surface area contributed by atoms with Crippen molar-refractivity contribution in [3.63, 3.8) is 0 Å². The Morgan fingerprint density at radius 1 is 0.920 bits per heavy atom. The van der Waals surface area contributed by atoms with Gasteiger partial charge in [-0.15, -0.1) is 0 Å². The molecule has 6 heteroatoms. The number of methoxy groups -OCH3 is 3. The minimum Gasteiger partial charge on any atom is -0.497 e. The molecular formula is C19H22N2O4. The molecule has 0 bridgehead atoms. The van der Waals surface area contributed by atoms with Gasteiger partial charge in [0, 0.05) is 5.56 Å². The number of carbonyl (C=O) groups is 1. The second kappa shape index (κ2) is 8.73. The highest BCUT2D eigenvalue weighted by molar-refractivity contribution is 6.02. The van der Waals surface area contributed by atoms with E-state index in [1.54, 1.807) is 32.4 Å². The lowest BCUT2D eigenvalue weighted by molar-refractivity contribution is 0.0954. The predicted molar refractivity (Wildman–Crippen MR) is 96.8 cm³/mol. The van der Waals surface area contributed by atoms with Crippen LogP contribution in [0.5, 0.6) is 17.2 Å². The maximum Gasteiger partial charge on any atom is 0.271 e. The van der Waals surface area contributed by atoms with E-state index in [1.807, 2.05) is 31.2 Å². The topological polar surface area (TPSA) is 69.2 Å². The molecule has 1 N–H and O–H groups in total. The third-order valence-corrected chi connectivity index (χ3v) is 3.70. The summed E-state index contributed by atoms with van der Waals surface area (Å²) in [5.41, 5.74) is 4.73. The molecule has 2 aromatic carbocycles. The highest BCUT2D eigenvalue weighted by atomic mass is 16.5. The molecule has 0 spiro atoms. The van der Waals surface area contributed by atoms with E-state index in [9.17, 15) is 4.79 Å². The van der Waals surface area contributed by atoms with Crippen molar-refractivity contribution in [3.05, 3.63) is 53.6 Å². The van der Waals surface area contributed by atoms with Crippen LogP contribution in [0.15, 0.2) is 47.6 Å². The summed E-state index contributed by atoms with van der Waals surface area (Å²) in [5.74, 6) is 1.51. The van der Waals surface area contributed by atoms with Crippen molar-refractivity contribution in [2.75, 3.05) is 21.3 Å². The van der Waals surface area contributed by atoms with Crippen molar-refractivity contribution >= 4 is 11.6 Å². The van der Waals surface area contributed by atoms with Crippen molar-refractivity contribution < 1.29 is 19.0 Å². The number of nitrogens with zero attached hydrogens (tertiary/aromatic N) is 1. The van der Waals surface area contributed by atoms with E-state index in [-0.39, 0.29) is 5.91 Å². The van der Waals surface area contributed by atoms with E-state index in [1.165, 1.54) is 7.11 Å². The van der Waals surface area contributed by atoms with Crippen molar-refractivity contribution in [3.8, 4) is 17.2 Å². The summed E-state index contributed by atoms with van der Waals surface area (Å²) >= 11 is 0. The second-order valence-electron chi connectivity index (χ2n) is 5.15. The van der Waals surface area contributed by atoms with Gasteiger partial charge in [-0.1, -0.05) is 6.92 Å². The predicted octanol–water partition coefficient (Wildman–Crippen LogP) is 3.26. The Bertz CT molecular complexity index is 755. The third kappa shape index (κ3) is 4.50. The van der Waals surface area contributed by atoms with Crippen LogP contribution in [0, 0.1) is 0 Å². The molecule has 0 aliphatic carbocycles. The van der Waals surface area contributed by atoms with E-state index >= 15 is 0 Å². The molecule has 0 fully saturated rings. The molecule has 6 nitrogen and oxygen atoms in total.